The largest absolute Gasteiger partial charge is 0.447 e. The van der Waals surface area contributed by atoms with Crippen LogP contribution in [0.5, 0.6) is 0 Å². The minimum atomic E-state index is -3.55. The minimum absolute atomic E-state index is 0.0322. The molecule has 0 bridgehead atoms. The summed E-state index contributed by atoms with van der Waals surface area (Å²) < 4.78 is 31.7. The van der Waals surface area contributed by atoms with E-state index < -0.39 is 10.0 Å². The third kappa shape index (κ3) is 3.83. The van der Waals surface area contributed by atoms with Crippen molar-refractivity contribution in [3.05, 3.63) is 17.9 Å². The highest BCUT2D eigenvalue weighted by molar-refractivity contribution is 7.89. The molecule has 1 rings (SSSR count). The lowest BCUT2D eigenvalue weighted by molar-refractivity contribution is 0.397. The Balaban J connectivity index is 2.82. The van der Waals surface area contributed by atoms with Gasteiger partial charge < -0.3 is 9.73 Å². The first kappa shape index (κ1) is 14.2. The molecule has 1 unspecified atom stereocenters. The molecular formula is C11H20N2O3S. The fourth-order valence-electron chi connectivity index (χ4n) is 1.21. The van der Waals surface area contributed by atoms with Crippen molar-refractivity contribution in [1.82, 2.24) is 10.0 Å². The Hall–Kier alpha value is -0.850. The maximum absolute atomic E-state index is 11.9. The topological polar surface area (TPSA) is 71.3 Å². The molecule has 0 spiro atoms. The zero-order chi connectivity index (χ0) is 13.1. The summed E-state index contributed by atoms with van der Waals surface area (Å²) >= 11 is 0. The highest BCUT2D eigenvalue weighted by Gasteiger charge is 2.22. The van der Waals surface area contributed by atoms with Crippen molar-refractivity contribution in [3.63, 3.8) is 0 Å². The third-order valence-corrected chi connectivity index (χ3v) is 4.03. The van der Waals surface area contributed by atoms with Crippen molar-refractivity contribution in [2.24, 2.45) is 5.92 Å². The fourth-order valence-corrected chi connectivity index (χ4v) is 2.55. The first-order valence-electron chi connectivity index (χ1n) is 5.62. The zero-order valence-corrected chi connectivity index (χ0v) is 11.5. The van der Waals surface area contributed by atoms with Crippen LogP contribution in [0, 0.1) is 5.92 Å². The standard InChI is InChI=1S/C11H20N2O3S/c1-8(2)9(3)13-17(14,15)11-6-5-10(16-11)7-12-4/h5-6,8-9,12-13H,7H2,1-4H3. The minimum Gasteiger partial charge on any atom is -0.447 e. The SMILES string of the molecule is CNCc1ccc(S(=O)(=O)NC(C)C(C)C)o1. The average molecular weight is 260 g/mol. The van der Waals surface area contributed by atoms with E-state index in [-0.39, 0.29) is 17.1 Å². The molecule has 0 saturated carbocycles. The van der Waals surface area contributed by atoms with Gasteiger partial charge in [0.15, 0.2) is 0 Å². The molecule has 1 aromatic heterocycles. The second-order valence-electron chi connectivity index (χ2n) is 4.41. The molecule has 1 atom stereocenters. The molecule has 0 fully saturated rings. The van der Waals surface area contributed by atoms with E-state index in [1.165, 1.54) is 6.07 Å². The van der Waals surface area contributed by atoms with E-state index >= 15 is 0 Å². The van der Waals surface area contributed by atoms with Crippen molar-refractivity contribution in [1.29, 1.82) is 0 Å². The molecule has 98 valence electrons. The molecule has 0 amide bonds. The van der Waals surface area contributed by atoms with Gasteiger partial charge in [-0.05, 0) is 32.0 Å². The maximum Gasteiger partial charge on any atom is 0.274 e. The Bertz CT molecular complexity index is 451. The molecular weight excluding hydrogens is 240 g/mol. The molecule has 17 heavy (non-hydrogen) atoms. The van der Waals surface area contributed by atoms with Crippen LogP contribution in [-0.2, 0) is 16.6 Å². The number of hydrogen-bond acceptors (Lipinski definition) is 4. The van der Waals surface area contributed by atoms with Gasteiger partial charge in [0.25, 0.3) is 10.0 Å². The smallest absolute Gasteiger partial charge is 0.274 e. The van der Waals surface area contributed by atoms with Crippen LogP contribution in [0.3, 0.4) is 0 Å². The predicted octanol–water partition coefficient (Wildman–Crippen LogP) is 1.32. The maximum atomic E-state index is 11.9. The Labute approximate surface area is 103 Å². The molecule has 0 aromatic carbocycles. The predicted molar refractivity (Wildman–Crippen MR) is 66.1 cm³/mol. The van der Waals surface area contributed by atoms with E-state index in [1.54, 1.807) is 13.1 Å². The van der Waals surface area contributed by atoms with E-state index in [1.807, 2.05) is 20.8 Å². The van der Waals surface area contributed by atoms with Crippen LogP contribution in [0.15, 0.2) is 21.6 Å². The van der Waals surface area contributed by atoms with Crippen LogP contribution in [0.2, 0.25) is 0 Å². The molecule has 1 aromatic rings. The van der Waals surface area contributed by atoms with Gasteiger partial charge in [0, 0.05) is 6.04 Å². The fraction of sp³-hybridized carbons (Fsp3) is 0.636. The zero-order valence-electron chi connectivity index (χ0n) is 10.6. The Kier molecular flexibility index (Phi) is 4.73. The second-order valence-corrected chi connectivity index (χ2v) is 6.05. The van der Waals surface area contributed by atoms with Crippen molar-refractivity contribution in [2.75, 3.05) is 7.05 Å². The normalized spacial score (nSPS) is 14.2. The summed E-state index contributed by atoms with van der Waals surface area (Å²) in [4.78, 5) is 0. The Morgan fingerprint density at radius 1 is 1.29 bits per heavy atom. The first-order chi connectivity index (χ1) is 7.86. The lowest BCUT2D eigenvalue weighted by Gasteiger charge is -2.16. The molecule has 0 aliphatic rings. The molecule has 6 heteroatoms. The molecule has 5 nitrogen and oxygen atoms in total. The molecule has 0 saturated heterocycles. The lowest BCUT2D eigenvalue weighted by atomic mass is 10.1. The van der Waals surface area contributed by atoms with Gasteiger partial charge in [0.2, 0.25) is 5.09 Å². The molecule has 1 heterocycles. The summed E-state index contributed by atoms with van der Waals surface area (Å²) in [5, 5.41) is 2.87. The molecule has 2 N–H and O–H groups in total. The van der Waals surface area contributed by atoms with E-state index in [9.17, 15) is 8.42 Å². The van der Waals surface area contributed by atoms with Gasteiger partial charge in [-0.3, -0.25) is 0 Å². The number of sulfonamides is 1. The van der Waals surface area contributed by atoms with E-state index in [4.69, 9.17) is 4.42 Å². The van der Waals surface area contributed by atoms with Crippen LogP contribution in [0.4, 0.5) is 0 Å². The van der Waals surface area contributed by atoms with Crippen LogP contribution in [0.25, 0.3) is 0 Å². The summed E-state index contributed by atoms with van der Waals surface area (Å²) in [6.07, 6.45) is 0. The van der Waals surface area contributed by atoms with E-state index in [0.29, 0.717) is 12.3 Å². The lowest BCUT2D eigenvalue weighted by Crippen LogP contribution is -2.35. The number of furan rings is 1. The van der Waals surface area contributed by atoms with Gasteiger partial charge in [0.1, 0.15) is 5.76 Å². The number of nitrogens with one attached hydrogen (secondary N) is 2. The Morgan fingerprint density at radius 2 is 1.94 bits per heavy atom. The van der Waals surface area contributed by atoms with E-state index in [2.05, 4.69) is 10.0 Å². The number of hydrogen-bond donors (Lipinski definition) is 2. The van der Waals surface area contributed by atoms with Gasteiger partial charge >= 0.3 is 0 Å². The monoisotopic (exact) mass is 260 g/mol. The summed E-state index contributed by atoms with van der Waals surface area (Å²) in [7, 11) is -1.77. The summed E-state index contributed by atoms with van der Waals surface area (Å²) in [5.41, 5.74) is 0. The highest BCUT2D eigenvalue weighted by atomic mass is 32.2. The molecule has 0 aliphatic carbocycles. The summed E-state index contributed by atoms with van der Waals surface area (Å²) in [6.45, 7) is 6.26. The van der Waals surface area contributed by atoms with Crippen molar-refractivity contribution in [3.8, 4) is 0 Å². The average Bonchev–Trinajstić information content (AvgIpc) is 2.66. The first-order valence-corrected chi connectivity index (χ1v) is 7.10. The summed E-state index contributed by atoms with van der Waals surface area (Å²) in [6, 6.07) is 3.01. The van der Waals surface area contributed by atoms with Gasteiger partial charge in [-0.1, -0.05) is 13.8 Å². The van der Waals surface area contributed by atoms with E-state index in [0.717, 1.165) is 0 Å². The quantitative estimate of drug-likeness (QED) is 0.809. The Morgan fingerprint density at radius 3 is 2.47 bits per heavy atom. The molecule has 0 radical (unpaired) electrons. The van der Waals surface area contributed by atoms with Crippen LogP contribution < -0.4 is 10.0 Å². The third-order valence-electron chi connectivity index (χ3n) is 2.59. The van der Waals surface area contributed by atoms with Gasteiger partial charge in [-0.2, -0.15) is 0 Å². The molecule has 0 aliphatic heterocycles. The van der Waals surface area contributed by atoms with Gasteiger partial charge in [0.05, 0.1) is 6.54 Å². The highest BCUT2D eigenvalue weighted by Crippen LogP contribution is 2.15. The van der Waals surface area contributed by atoms with Gasteiger partial charge in [-0.15, -0.1) is 0 Å². The second kappa shape index (κ2) is 5.66. The van der Waals surface area contributed by atoms with Crippen LogP contribution in [-0.4, -0.2) is 21.5 Å². The number of rotatable bonds is 6. The van der Waals surface area contributed by atoms with Crippen LogP contribution >= 0.6 is 0 Å². The van der Waals surface area contributed by atoms with Crippen molar-refractivity contribution in [2.45, 2.75) is 38.5 Å². The summed E-state index contributed by atoms with van der Waals surface area (Å²) in [5.74, 6) is 0.835. The van der Waals surface area contributed by atoms with Gasteiger partial charge in [-0.25, -0.2) is 13.1 Å². The van der Waals surface area contributed by atoms with Crippen molar-refractivity contribution >= 4 is 10.0 Å². The van der Waals surface area contributed by atoms with Crippen LogP contribution in [0.1, 0.15) is 26.5 Å². The van der Waals surface area contributed by atoms with Crippen molar-refractivity contribution < 1.29 is 12.8 Å².